The van der Waals surface area contributed by atoms with Gasteiger partial charge < -0.3 is 10.0 Å². The first-order valence-electron chi connectivity index (χ1n) is 5.88. The van der Waals surface area contributed by atoms with Gasteiger partial charge in [-0.2, -0.15) is 13.2 Å². The minimum absolute atomic E-state index is 0.0945. The summed E-state index contributed by atoms with van der Waals surface area (Å²) in [5.41, 5.74) is -1.49. The molecular formula is C13H14F3NO2. The Kier molecular flexibility index (Phi) is 3.30. The molecule has 0 spiro atoms. The summed E-state index contributed by atoms with van der Waals surface area (Å²) in [6.45, 7) is 1.05. The lowest BCUT2D eigenvalue weighted by molar-refractivity contribution is -0.253. The van der Waals surface area contributed by atoms with Gasteiger partial charge in [0.2, 0.25) is 0 Å². The normalized spacial score (nSPS) is 23.7. The Morgan fingerprint density at radius 2 is 1.89 bits per heavy atom. The lowest BCUT2D eigenvalue weighted by atomic mass is 10.0. The summed E-state index contributed by atoms with van der Waals surface area (Å²) in [5, 5.41) is 9.52. The number of benzene rings is 1. The predicted octanol–water partition coefficient (Wildman–Crippen LogP) is 2.13. The van der Waals surface area contributed by atoms with Crippen molar-refractivity contribution in [2.45, 2.75) is 25.1 Å². The van der Waals surface area contributed by atoms with Crippen molar-refractivity contribution in [1.29, 1.82) is 0 Å². The molecule has 1 aromatic rings. The zero-order valence-corrected chi connectivity index (χ0v) is 10.4. The number of halogens is 3. The molecule has 0 radical (unpaired) electrons. The van der Waals surface area contributed by atoms with Gasteiger partial charge in [-0.15, -0.1) is 0 Å². The number of aryl methyl sites for hydroxylation is 1. The molecule has 0 aromatic heterocycles. The van der Waals surface area contributed by atoms with Crippen molar-refractivity contribution in [2.75, 3.05) is 13.1 Å². The second kappa shape index (κ2) is 4.52. The zero-order valence-electron chi connectivity index (χ0n) is 10.4. The fourth-order valence-electron chi connectivity index (χ4n) is 2.08. The molecule has 1 N–H and O–H groups in total. The van der Waals surface area contributed by atoms with Crippen LogP contribution in [-0.2, 0) is 0 Å². The maximum absolute atomic E-state index is 12.6. The number of nitrogens with zero attached hydrogens (tertiary/aromatic N) is 1. The molecule has 1 amide bonds. The number of likely N-dealkylation sites (tertiary alicyclic amines) is 1. The smallest absolute Gasteiger partial charge is 0.379 e. The average molecular weight is 273 g/mol. The molecule has 1 heterocycles. The quantitative estimate of drug-likeness (QED) is 0.851. The van der Waals surface area contributed by atoms with Crippen LogP contribution >= 0.6 is 0 Å². The lowest BCUT2D eigenvalue weighted by Gasteiger charge is -2.25. The molecule has 1 saturated heterocycles. The van der Waals surface area contributed by atoms with E-state index in [1.54, 1.807) is 24.3 Å². The highest BCUT2D eigenvalue weighted by Crippen LogP contribution is 2.37. The maximum atomic E-state index is 12.6. The standard InChI is InChI=1S/C13H14F3NO2/c1-9-2-4-10(5-3-9)11(18)17-7-6-12(19,8-17)13(14,15)16/h2-5,19H,6-8H2,1H3. The van der Waals surface area contributed by atoms with Gasteiger partial charge in [0.1, 0.15) is 0 Å². The summed E-state index contributed by atoms with van der Waals surface area (Å²) in [6.07, 6.45) is -5.19. The van der Waals surface area contributed by atoms with Gasteiger partial charge in [-0.25, -0.2) is 0 Å². The van der Waals surface area contributed by atoms with Crippen molar-refractivity contribution in [3.8, 4) is 0 Å². The van der Waals surface area contributed by atoms with E-state index in [0.29, 0.717) is 5.56 Å². The van der Waals surface area contributed by atoms with E-state index in [0.717, 1.165) is 10.5 Å². The van der Waals surface area contributed by atoms with Gasteiger partial charge in [0.05, 0.1) is 6.54 Å². The summed E-state index contributed by atoms with van der Waals surface area (Å²) in [5.74, 6) is -0.486. The maximum Gasteiger partial charge on any atom is 0.419 e. The van der Waals surface area contributed by atoms with Crippen LogP contribution in [0.2, 0.25) is 0 Å². The Balaban J connectivity index is 2.13. The highest BCUT2D eigenvalue weighted by atomic mass is 19.4. The monoisotopic (exact) mass is 273 g/mol. The largest absolute Gasteiger partial charge is 0.419 e. The molecule has 1 aliphatic rings. The van der Waals surface area contributed by atoms with E-state index in [4.69, 9.17) is 0 Å². The van der Waals surface area contributed by atoms with Gasteiger partial charge in [0, 0.05) is 18.5 Å². The Labute approximate surface area is 108 Å². The molecule has 1 aromatic carbocycles. The SMILES string of the molecule is Cc1ccc(C(=O)N2CCC(O)(C(F)(F)F)C2)cc1. The van der Waals surface area contributed by atoms with Gasteiger partial charge in [-0.05, 0) is 19.1 Å². The van der Waals surface area contributed by atoms with Gasteiger partial charge in [0.15, 0.2) is 5.60 Å². The van der Waals surface area contributed by atoms with Crippen molar-refractivity contribution in [1.82, 2.24) is 4.90 Å². The predicted molar refractivity (Wildman–Crippen MR) is 62.7 cm³/mol. The Morgan fingerprint density at radius 1 is 1.32 bits per heavy atom. The summed E-state index contributed by atoms with van der Waals surface area (Å²) < 4.78 is 37.9. The molecule has 1 fully saturated rings. The van der Waals surface area contributed by atoms with Gasteiger partial charge in [0.25, 0.3) is 5.91 Å². The molecule has 1 atom stereocenters. The number of hydrogen-bond acceptors (Lipinski definition) is 2. The number of hydrogen-bond donors (Lipinski definition) is 1. The molecule has 3 nitrogen and oxygen atoms in total. The number of rotatable bonds is 1. The van der Waals surface area contributed by atoms with Crippen LogP contribution in [0.4, 0.5) is 13.2 Å². The summed E-state index contributed by atoms with van der Waals surface area (Å²) in [7, 11) is 0. The number of amides is 1. The Bertz CT molecular complexity index is 484. The third-order valence-corrected chi connectivity index (χ3v) is 3.36. The molecule has 104 valence electrons. The van der Waals surface area contributed by atoms with Crippen LogP contribution < -0.4 is 0 Å². The van der Waals surface area contributed by atoms with E-state index in [1.807, 2.05) is 6.92 Å². The molecule has 19 heavy (non-hydrogen) atoms. The van der Waals surface area contributed by atoms with Crippen molar-refractivity contribution >= 4 is 5.91 Å². The van der Waals surface area contributed by atoms with Crippen LogP contribution in [0.5, 0.6) is 0 Å². The van der Waals surface area contributed by atoms with Crippen LogP contribution in [-0.4, -0.2) is 40.8 Å². The second-order valence-corrected chi connectivity index (χ2v) is 4.87. The lowest BCUT2D eigenvalue weighted by Crippen LogP contribution is -2.48. The molecule has 6 heteroatoms. The minimum atomic E-state index is -4.71. The fourth-order valence-corrected chi connectivity index (χ4v) is 2.08. The molecule has 0 bridgehead atoms. The van der Waals surface area contributed by atoms with Gasteiger partial charge >= 0.3 is 6.18 Å². The van der Waals surface area contributed by atoms with Crippen molar-refractivity contribution in [2.24, 2.45) is 0 Å². The van der Waals surface area contributed by atoms with Crippen LogP contribution in [0.1, 0.15) is 22.3 Å². The molecule has 2 rings (SSSR count). The Hall–Kier alpha value is -1.56. The number of carbonyl (C=O) groups excluding carboxylic acids is 1. The first-order chi connectivity index (χ1) is 8.73. The van der Waals surface area contributed by atoms with E-state index in [-0.39, 0.29) is 6.54 Å². The highest BCUT2D eigenvalue weighted by molar-refractivity contribution is 5.94. The van der Waals surface area contributed by atoms with Crippen LogP contribution in [0, 0.1) is 6.92 Å². The minimum Gasteiger partial charge on any atom is -0.379 e. The van der Waals surface area contributed by atoms with Gasteiger partial charge in [-0.1, -0.05) is 17.7 Å². The number of alkyl halides is 3. The third-order valence-electron chi connectivity index (χ3n) is 3.36. The topological polar surface area (TPSA) is 40.5 Å². The van der Waals surface area contributed by atoms with E-state index in [1.165, 1.54) is 0 Å². The number of carbonyl (C=O) groups is 1. The zero-order chi connectivity index (χ0) is 14.3. The molecule has 1 aliphatic heterocycles. The number of aliphatic hydroxyl groups is 1. The van der Waals surface area contributed by atoms with E-state index in [2.05, 4.69) is 0 Å². The third kappa shape index (κ3) is 2.58. The summed E-state index contributed by atoms with van der Waals surface area (Å²) >= 11 is 0. The van der Waals surface area contributed by atoms with Crippen molar-refractivity contribution < 1.29 is 23.1 Å². The summed E-state index contributed by atoms with van der Waals surface area (Å²) in [6, 6.07) is 6.59. The van der Waals surface area contributed by atoms with E-state index in [9.17, 15) is 23.1 Å². The van der Waals surface area contributed by atoms with E-state index < -0.39 is 30.7 Å². The van der Waals surface area contributed by atoms with Gasteiger partial charge in [-0.3, -0.25) is 4.79 Å². The van der Waals surface area contributed by atoms with Crippen molar-refractivity contribution in [3.05, 3.63) is 35.4 Å². The Morgan fingerprint density at radius 3 is 2.37 bits per heavy atom. The van der Waals surface area contributed by atoms with Crippen LogP contribution in [0.25, 0.3) is 0 Å². The fraction of sp³-hybridized carbons (Fsp3) is 0.462. The summed E-state index contributed by atoms with van der Waals surface area (Å²) in [4.78, 5) is 13.1. The van der Waals surface area contributed by atoms with Crippen LogP contribution in [0.15, 0.2) is 24.3 Å². The molecular weight excluding hydrogens is 259 g/mol. The molecule has 1 unspecified atom stereocenters. The highest BCUT2D eigenvalue weighted by Gasteiger charge is 2.57. The van der Waals surface area contributed by atoms with E-state index >= 15 is 0 Å². The first kappa shape index (κ1) is 13.9. The molecule has 0 saturated carbocycles. The first-order valence-corrected chi connectivity index (χ1v) is 5.88. The second-order valence-electron chi connectivity index (χ2n) is 4.87. The molecule has 0 aliphatic carbocycles. The average Bonchev–Trinajstić information content (AvgIpc) is 2.73. The van der Waals surface area contributed by atoms with Crippen LogP contribution in [0.3, 0.4) is 0 Å². The number of β-amino-alcohol motifs (C(OH)–C–C–N with tert-alkyl or cyclic N) is 1. The van der Waals surface area contributed by atoms with Crippen molar-refractivity contribution in [3.63, 3.8) is 0 Å².